The molecule has 1 aliphatic heterocycles. The molecule has 0 aliphatic carbocycles. The highest BCUT2D eigenvalue weighted by Crippen LogP contribution is 2.34. The first-order valence-electron chi connectivity index (χ1n) is 7.87. The van der Waals surface area contributed by atoms with Crippen LogP contribution in [0.1, 0.15) is 28.9 Å². The predicted molar refractivity (Wildman–Crippen MR) is 83.2 cm³/mol. The summed E-state index contributed by atoms with van der Waals surface area (Å²) < 4.78 is 33.9. The van der Waals surface area contributed by atoms with Gasteiger partial charge in [0, 0.05) is 24.8 Å². The van der Waals surface area contributed by atoms with Gasteiger partial charge in [-0.15, -0.1) is 5.10 Å². The molecule has 0 bridgehead atoms. The van der Waals surface area contributed by atoms with E-state index in [2.05, 4.69) is 15.6 Å². The van der Waals surface area contributed by atoms with Crippen molar-refractivity contribution in [3.05, 3.63) is 47.3 Å². The van der Waals surface area contributed by atoms with E-state index in [-0.39, 0.29) is 17.8 Å². The lowest BCUT2D eigenvalue weighted by atomic mass is 9.82. The highest BCUT2D eigenvalue weighted by molar-refractivity contribution is 5.84. The van der Waals surface area contributed by atoms with E-state index in [1.165, 1.54) is 6.07 Å². The number of aromatic nitrogens is 3. The van der Waals surface area contributed by atoms with Gasteiger partial charge in [-0.1, -0.05) is 11.3 Å². The molecule has 0 spiro atoms. The molecule has 138 valence electrons. The average Bonchev–Trinajstić information content (AvgIpc) is 3.04. The lowest BCUT2D eigenvalue weighted by molar-refractivity contribution is -0.125. The van der Waals surface area contributed by atoms with E-state index in [4.69, 9.17) is 9.84 Å². The molecule has 2 heterocycles. The number of aromatic carboxylic acids is 1. The van der Waals surface area contributed by atoms with Gasteiger partial charge < -0.3 is 15.2 Å². The number of carboxylic acid groups (broad SMARTS) is 1. The molecule has 1 aromatic heterocycles. The van der Waals surface area contributed by atoms with Crippen molar-refractivity contribution in [3.8, 4) is 0 Å². The molecule has 2 N–H and O–H groups in total. The summed E-state index contributed by atoms with van der Waals surface area (Å²) in [5.41, 5.74) is -1.15. The van der Waals surface area contributed by atoms with Gasteiger partial charge in [-0.25, -0.2) is 18.3 Å². The second kappa shape index (κ2) is 7.16. The quantitative estimate of drug-likeness (QED) is 0.820. The number of nitrogens with zero attached hydrogens (tertiary/aromatic N) is 3. The van der Waals surface area contributed by atoms with Crippen LogP contribution in [0.25, 0.3) is 0 Å². The molecule has 26 heavy (non-hydrogen) atoms. The Kier molecular flexibility index (Phi) is 4.94. The fourth-order valence-corrected chi connectivity index (χ4v) is 2.99. The summed E-state index contributed by atoms with van der Waals surface area (Å²) in [5, 5.41) is 18.6. The Morgan fingerprint density at radius 1 is 1.31 bits per heavy atom. The van der Waals surface area contributed by atoms with Gasteiger partial charge in [-0.3, -0.25) is 4.79 Å². The number of hydrogen-bond donors (Lipinski definition) is 2. The van der Waals surface area contributed by atoms with E-state index >= 15 is 0 Å². The van der Waals surface area contributed by atoms with E-state index in [1.807, 2.05) is 0 Å². The molecule has 1 aliphatic rings. The van der Waals surface area contributed by atoms with Crippen LogP contribution in [-0.4, -0.2) is 45.2 Å². The van der Waals surface area contributed by atoms with Gasteiger partial charge in [0.2, 0.25) is 5.91 Å². The molecule has 2 aromatic rings. The van der Waals surface area contributed by atoms with E-state index in [9.17, 15) is 18.4 Å². The van der Waals surface area contributed by atoms with Crippen LogP contribution < -0.4 is 5.32 Å². The Morgan fingerprint density at radius 3 is 2.65 bits per heavy atom. The zero-order valence-corrected chi connectivity index (χ0v) is 13.6. The Balaban J connectivity index is 1.81. The zero-order chi connectivity index (χ0) is 18.7. The summed E-state index contributed by atoms with van der Waals surface area (Å²) in [6.45, 7) is 0.332. The monoisotopic (exact) mass is 366 g/mol. The highest BCUT2D eigenvalue weighted by Gasteiger charge is 2.38. The molecule has 10 heteroatoms. The third kappa shape index (κ3) is 3.69. The first kappa shape index (κ1) is 17.9. The van der Waals surface area contributed by atoms with Gasteiger partial charge in [0.1, 0.15) is 18.2 Å². The fraction of sp³-hybridized carbons (Fsp3) is 0.375. The van der Waals surface area contributed by atoms with Crippen LogP contribution in [0.5, 0.6) is 0 Å². The summed E-state index contributed by atoms with van der Waals surface area (Å²) >= 11 is 0. The lowest BCUT2D eigenvalue weighted by Crippen LogP contribution is -2.51. The van der Waals surface area contributed by atoms with Gasteiger partial charge in [0.25, 0.3) is 0 Å². The lowest BCUT2D eigenvalue weighted by Gasteiger charge is -2.38. The summed E-state index contributed by atoms with van der Waals surface area (Å²) in [7, 11) is 0. The maximum atomic E-state index is 14.3. The van der Waals surface area contributed by atoms with Crippen LogP contribution >= 0.6 is 0 Å². The number of halogens is 2. The molecule has 8 nitrogen and oxygen atoms in total. The highest BCUT2D eigenvalue weighted by atomic mass is 19.1. The second-order valence-electron chi connectivity index (χ2n) is 5.97. The van der Waals surface area contributed by atoms with Crippen molar-refractivity contribution in [3.63, 3.8) is 0 Å². The van der Waals surface area contributed by atoms with Crippen LogP contribution in [0, 0.1) is 11.6 Å². The third-order valence-electron chi connectivity index (χ3n) is 4.24. The Morgan fingerprint density at radius 2 is 2.04 bits per heavy atom. The molecule has 1 amide bonds. The predicted octanol–water partition coefficient (Wildman–Crippen LogP) is 1.08. The number of carbonyl (C=O) groups excluding carboxylic acids is 1. The third-order valence-corrected chi connectivity index (χ3v) is 4.24. The van der Waals surface area contributed by atoms with Crippen LogP contribution in [0.3, 0.4) is 0 Å². The summed E-state index contributed by atoms with van der Waals surface area (Å²) in [4.78, 5) is 23.2. The van der Waals surface area contributed by atoms with Crippen LogP contribution in [0.2, 0.25) is 0 Å². The number of benzene rings is 1. The number of ether oxygens (including phenoxy) is 1. The van der Waals surface area contributed by atoms with Gasteiger partial charge in [0.05, 0.1) is 11.7 Å². The Bertz CT molecular complexity index is 833. The zero-order valence-electron chi connectivity index (χ0n) is 13.6. The summed E-state index contributed by atoms with van der Waals surface area (Å²) in [5.74, 6) is -3.21. The van der Waals surface area contributed by atoms with Crippen molar-refractivity contribution in [1.82, 2.24) is 20.3 Å². The maximum absolute atomic E-state index is 14.3. The van der Waals surface area contributed by atoms with E-state index < -0.39 is 29.0 Å². The molecule has 1 fully saturated rings. The Hall–Kier alpha value is -2.88. The second-order valence-corrected chi connectivity index (χ2v) is 5.97. The van der Waals surface area contributed by atoms with E-state index in [1.54, 1.807) is 0 Å². The van der Waals surface area contributed by atoms with Gasteiger partial charge in [0.15, 0.2) is 5.69 Å². The van der Waals surface area contributed by atoms with Crippen molar-refractivity contribution < 1.29 is 28.2 Å². The van der Waals surface area contributed by atoms with Gasteiger partial charge in [-0.05, 0) is 18.9 Å². The van der Waals surface area contributed by atoms with Gasteiger partial charge in [-0.2, -0.15) is 0 Å². The first-order valence-corrected chi connectivity index (χ1v) is 7.87. The largest absolute Gasteiger partial charge is 0.476 e. The van der Waals surface area contributed by atoms with Crippen molar-refractivity contribution >= 4 is 11.9 Å². The topological polar surface area (TPSA) is 106 Å². The number of rotatable bonds is 5. The summed E-state index contributed by atoms with van der Waals surface area (Å²) in [6, 6.07) is 3.22. The minimum absolute atomic E-state index is 0.181. The molecule has 0 unspecified atom stereocenters. The summed E-state index contributed by atoms with van der Waals surface area (Å²) in [6.07, 6.45) is 1.76. The smallest absolute Gasteiger partial charge is 0.358 e. The average molecular weight is 366 g/mol. The van der Waals surface area contributed by atoms with Crippen molar-refractivity contribution in [2.24, 2.45) is 0 Å². The van der Waals surface area contributed by atoms with Crippen LogP contribution in [0.15, 0.2) is 24.4 Å². The van der Waals surface area contributed by atoms with Gasteiger partial charge >= 0.3 is 5.97 Å². The number of carbonyl (C=O) groups is 2. The van der Waals surface area contributed by atoms with Crippen LogP contribution in [0.4, 0.5) is 8.78 Å². The normalized spacial score (nSPS) is 16.2. The molecule has 0 saturated carbocycles. The first-order chi connectivity index (χ1) is 12.4. The molecule has 1 aromatic carbocycles. The maximum Gasteiger partial charge on any atom is 0.358 e. The molecule has 3 rings (SSSR count). The van der Waals surface area contributed by atoms with E-state index in [0.29, 0.717) is 26.1 Å². The minimum Gasteiger partial charge on any atom is -0.476 e. The SMILES string of the molecule is O=C(Cn1cc(C(=O)O)nn1)NC1(c2ccc(F)cc2F)CCOCC1. The molecular formula is C16H16F2N4O4. The Labute approximate surface area is 146 Å². The number of hydrogen-bond acceptors (Lipinski definition) is 5. The number of carboxylic acids is 1. The number of nitrogens with one attached hydrogen (secondary N) is 1. The molecule has 0 radical (unpaired) electrons. The molecule has 1 saturated heterocycles. The van der Waals surface area contributed by atoms with Crippen molar-refractivity contribution in [2.75, 3.05) is 13.2 Å². The number of amides is 1. The molecular weight excluding hydrogens is 350 g/mol. The fourth-order valence-electron chi connectivity index (χ4n) is 2.99. The molecule has 0 atom stereocenters. The van der Waals surface area contributed by atoms with Crippen LogP contribution in [-0.2, 0) is 21.6 Å². The van der Waals surface area contributed by atoms with Crippen molar-refractivity contribution in [2.45, 2.75) is 24.9 Å². The standard InChI is InChI=1S/C16H16F2N4O4/c17-10-1-2-11(12(18)7-10)16(3-5-26-6-4-16)19-14(23)9-22-8-13(15(24)25)20-21-22/h1-2,7-8H,3-6,9H2,(H,19,23)(H,24,25). The minimum atomic E-state index is -1.26. The van der Waals surface area contributed by atoms with Crippen molar-refractivity contribution in [1.29, 1.82) is 0 Å². The van der Waals surface area contributed by atoms with E-state index in [0.717, 1.165) is 23.0 Å².